The fourth-order valence-corrected chi connectivity index (χ4v) is 3.06. The van der Waals surface area contributed by atoms with Crippen LogP contribution < -0.4 is 10.6 Å². The van der Waals surface area contributed by atoms with Gasteiger partial charge in [0.15, 0.2) is 0 Å². The van der Waals surface area contributed by atoms with Crippen molar-refractivity contribution >= 4 is 17.3 Å². The van der Waals surface area contributed by atoms with Crippen LogP contribution in [0.15, 0.2) is 42.5 Å². The molecule has 0 spiro atoms. The van der Waals surface area contributed by atoms with Gasteiger partial charge in [0, 0.05) is 29.8 Å². The molecule has 0 radical (unpaired) electrons. The average molecular weight is 287 g/mol. The first-order valence-electron chi connectivity index (χ1n) is 7.08. The van der Waals surface area contributed by atoms with Crippen LogP contribution in [0.1, 0.15) is 29.7 Å². The second kappa shape index (κ2) is 5.86. The molecule has 2 nitrogen and oxygen atoms in total. The maximum Gasteiger partial charge on any atom is 0.0453 e. The van der Waals surface area contributed by atoms with Crippen LogP contribution in [-0.4, -0.2) is 6.54 Å². The van der Waals surface area contributed by atoms with E-state index in [1.54, 1.807) is 0 Å². The maximum atomic E-state index is 6.24. The van der Waals surface area contributed by atoms with Crippen molar-refractivity contribution in [3.63, 3.8) is 0 Å². The van der Waals surface area contributed by atoms with Gasteiger partial charge in [-0.05, 0) is 36.1 Å². The van der Waals surface area contributed by atoms with E-state index >= 15 is 0 Å². The third-order valence-electron chi connectivity index (χ3n) is 3.90. The Hall–Kier alpha value is -1.51. The van der Waals surface area contributed by atoms with Crippen molar-refractivity contribution in [2.75, 3.05) is 11.9 Å². The fourth-order valence-electron chi connectivity index (χ4n) is 2.76. The number of hydrogen-bond donors (Lipinski definition) is 2. The van der Waals surface area contributed by atoms with Gasteiger partial charge in [-0.25, -0.2) is 0 Å². The molecule has 0 fully saturated rings. The van der Waals surface area contributed by atoms with E-state index in [2.05, 4.69) is 41.8 Å². The van der Waals surface area contributed by atoms with Gasteiger partial charge in [0.2, 0.25) is 0 Å². The van der Waals surface area contributed by atoms with Crippen molar-refractivity contribution in [3.8, 4) is 0 Å². The second-order valence-corrected chi connectivity index (χ2v) is 5.66. The molecule has 0 aromatic heterocycles. The molecule has 1 atom stereocenters. The highest BCUT2D eigenvalue weighted by atomic mass is 35.5. The third-order valence-corrected chi connectivity index (χ3v) is 4.25. The zero-order chi connectivity index (χ0) is 13.9. The number of halogens is 1. The van der Waals surface area contributed by atoms with Crippen LogP contribution in [0.25, 0.3) is 0 Å². The summed E-state index contributed by atoms with van der Waals surface area (Å²) in [4.78, 5) is 0. The zero-order valence-electron chi connectivity index (χ0n) is 11.6. The highest BCUT2D eigenvalue weighted by Crippen LogP contribution is 2.27. The summed E-state index contributed by atoms with van der Waals surface area (Å²) in [5.41, 5.74) is 5.22. The van der Waals surface area contributed by atoms with Gasteiger partial charge in [-0.3, -0.25) is 0 Å². The zero-order valence-corrected chi connectivity index (χ0v) is 12.4. The SMILES string of the molecule is C[C@@H](NCc1cccc2c1NCC2)c1ccccc1Cl. The van der Waals surface area contributed by atoms with Crippen LogP contribution in [0.4, 0.5) is 5.69 Å². The van der Waals surface area contributed by atoms with E-state index in [0.717, 1.165) is 30.1 Å². The molecule has 0 unspecified atom stereocenters. The molecule has 3 rings (SSSR count). The van der Waals surface area contributed by atoms with E-state index in [9.17, 15) is 0 Å². The first-order chi connectivity index (χ1) is 9.75. The lowest BCUT2D eigenvalue weighted by Crippen LogP contribution is -2.19. The van der Waals surface area contributed by atoms with Crippen molar-refractivity contribution in [3.05, 3.63) is 64.2 Å². The van der Waals surface area contributed by atoms with Gasteiger partial charge < -0.3 is 10.6 Å². The minimum Gasteiger partial charge on any atom is -0.384 e. The molecular weight excluding hydrogens is 268 g/mol. The summed E-state index contributed by atoms with van der Waals surface area (Å²) in [6, 6.07) is 14.8. The monoisotopic (exact) mass is 286 g/mol. The molecule has 0 bridgehead atoms. The Kier molecular flexibility index (Phi) is 3.95. The van der Waals surface area contributed by atoms with Crippen LogP contribution >= 0.6 is 11.6 Å². The molecule has 3 heteroatoms. The van der Waals surface area contributed by atoms with Gasteiger partial charge in [0.05, 0.1) is 0 Å². The van der Waals surface area contributed by atoms with E-state index < -0.39 is 0 Å². The van der Waals surface area contributed by atoms with Gasteiger partial charge >= 0.3 is 0 Å². The highest BCUT2D eigenvalue weighted by Gasteiger charge is 2.14. The number of fused-ring (bicyclic) bond motifs is 1. The number of para-hydroxylation sites is 1. The molecule has 104 valence electrons. The van der Waals surface area contributed by atoms with Crippen molar-refractivity contribution in [2.24, 2.45) is 0 Å². The topological polar surface area (TPSA) is 24.1 Å². The lowest BCUT2D eigenvalue weighted by atomic mass is 10.1. The molecule has 2 N–H and O–H groups in total. The van der Waals surface area contributed by atoms with Crippen molar-refractivity contribution in [2.45, 2.75) is 25.9 Å². The number of nitrogens with one attached hydrogen (secondary N) is 2. The third kappa shape index (κ3) is 2.67. The highest BCUT2D eigenvalue weighted by molar-refractivity contribution is 6.31. The molecule has 20 heavy (non-hydrogen) atoms. The predicted molar refractivity (Wildman–Crippen MR) is 85.3 cm³/mol. The predicted octanol–water partition coefficient (Wildman–Crippen LogP) is 4.16. The molecule has 0 saturated carbocycles. The lowest BCUT2D eigenvalue weighted by molar-refractivity contribution is 0.575. The first-order valence-corrected chi connectivity index (χ1v) is 7.46. The van der Waals surface area contributed by atoms with E-state index in [1.165, 1.54) is 16.8 Å². The molecule has 2 aromatic carbocycles. The van der Waals surface area contributed by atoms with E-state index in [1.807, 2.05) is 18.2 Å². The summed E-state index contributed by atoms with van der Waals surface area (Å²) in [6.07, 6.45) is 1.13. The van der Waals surface area contributed by atoms with Crippen molar-refractivity contribution in [1.82, 2.24) is 5.32 Å². The van der Waals surface area contributed by atoms with Crippen LogP contribution in [0, 0.1) is 0 Å². The summed E-state index contributed by atoms with van der Waals surface area (Å²) >= 11 is 6.24. The minimum atomic E-state index is 0.237. The Bertz CT molecular complexity index is 610. The fraction of sp³-hybridized carbons (Fsp3) is 0.294. The molecule has 0 saturated heterocycles. The Labute approximate surface area is 125 Å². The summed E-state index contributed by atoms with van der Waals surface area (Å²) in [5.74, 6) is 0. The smallest absolute Gasteiger partial charge is 0.0453 e. The van der Waals surface area contributed by atoms with E-state index in [4.69, 9.17) is 11.6 Å². The lowest BCUT2D eigenvalue weighted by Gasteiger charge is -2.17. The van der Waals surface area contributed by atoms with Crippen molar-refractivity contribution < 1.29 is 0 Å². The second-order valence-electron chi connectivity index (χ2n) is 5.25. The quantitative estimate of drug-likeness (QED) is 0.882. The molecule has 1 aliphatic rings. The number of hydrogen-bond acceptors (Lipinski definition) is 2. The summed E-state index contributed by atoms with van der Waals surface area (Å²) in [7, 11) is 0. The normalized spacial score (nSPS) is 14.7. The molecule has 1 aliphatic heterocycles. The summed E-state index contributed by atoms with van der Waals surface area (Å²) in [5, 5.41) is 7.86. The molecular formula is C17H19ClN2. The van der Waals surface area contributed by atoms with Crippen LogP contribution in [0.2, 0.25) is 5.02 Å². The van der Waals surface area contributed by atoms with Crippen LogP contribution in [0.5, 0.6) is 0 Å². The largest absolute Gasteiger partial charge is 0.384 e. The van der Waals surface area contributed by atoms with E-state index in [0.29, 0.717) is 0 Å². The summed E-state index contributed by atoms with van der Waals surface area (Å²) < 4.78 is 0. The number of rotatable bonds is 4. The van der Waals surface area contributed by atoms with Gasteiger partial charge in [-0.1, -0.05) is 48.0 Å². The van der Waals surface area contributed by atoms with E-state index in [-0.39, 0.29) is 6.04 Å². The Morgan fingerprint density at radius 1 is 1.20 bits per heavy atom. The summed E-state index contributed by atoms with van der Waals surface area (Å²) in [6.45, 7) is 4.05. The Balaban J connectivity index is 1.71. The van der Waals surface area contributed by atoms with Gasteiger partial charge in [0.25, 0.3) is 0 Å². The molecule has 2 aromatic rings. The van der Waals surface area contributed by atoms with Crippen LogP contribution in [0.3, 0.4) is 0 Å². The Morgan fingerprint density at radius 2 is 2.05 bits per heavy atom. The molecule has 1 heterocycles. The minimum absolute atomic E-state index is 0.237. The number of anilines is 1. The van der Waals surface area contributed by atoms with Gasteiger partial charge in [-0.2, -0.15) is 0 Å². The molecule has 0 aliphatic carbocycles. The molecule has 0 amide bonds. The Morgan fingerprint density at radius 3 is 2.90 bits per heavy atom. The van der Waals surface area contributed by atoms with Crippen LogP contribution in [-0.2, 0) is 13.0 Å². The van der Waals surface area contributed by atoms with Gasteiger partial charge in [-0.15, -0.1) is 0 Å². The van der Waals surface area contributed by atoms with Crippen molar-refractivity contribution in [1.29, 1.82) is 0 Å². The maximum absolute atomic E-state index is 6.24. The number of benzene rings is 2. The first kappa shape index (κ1) is 13.5. The standard InChI is InChI=1S/C17H19ClN2/c1-12(15-7-2-3-8-16(15)18)20-11-14-6-4-5-13-9-10-19-17(13)14/h2-8,12,19-20H,9-11H2,1H3/t12-/m1/s1. The van der Waals surface area contributed by atoms with Gasteiger partial charge in [0.1, 0.15) is 0 Å². The average Bonchev–Trinajstić information content (AvgIpc) is 2.94.